The van der Waals surface area contributed by atoms with Gasteiger partial charge in [-0.1, -0.05) is 83.9 Å². The predicted molar refractivity (Wildman–Crippen MR) is 119 cm³/mol. The lowest BCUT2D eigenvalue weighted by molar-refractivity contribution is 0.0645. The number of likely N-dealkylation sites (tertiary alicyclic amines) is 1. The Hall–Kier alpha value is -2.33. The second kappa shape index (κ2) is 9.00. The molecular weight excluding hydrogens is 403 g/mol. The van der Waals surface area contributed by atoms with Crippen molar-refractivity contribution in [3.8, 4) is 0 Å². The Bertz CT molecular complexity index is 933. The van der Waals surface area contributed by atoms with Crippen LogP contribution in [0.1, 0.15) is 27.5 Å². The van der Waals surface area contributed by atoms with E-state index in [1.54, 1.807) is 18.2 Å². The molecular formula is C24H22Cl2N2O. The zero-order chi connectivity index (χ0) is 20.2. The number of benzene rings is 3. The van der Waals surface area contributed by atoms with Crippen LogP contribution < -0.4 is 5.32 Å². The maximum atomic E-state index is 12.4. The number of hydrogen-bond donors (Lipinski definition) is 1. The molecule has 0 aromatic heterocycles. The number of halogens is 2. The van der Waals surface area contributed by atoms with Crippen molar-refractivity contribution in [3.63, 3.8) is 0 Å². The first-order valence-corrected chi connectivity index (χ1v) is 10.4. The summed E-state index contributed by atoms with van der Waals surface area (Å²) in [6.07, 6.45) is 0. The monoisotopic (exact) mass is 424 g/mol. The number of amides is 1. The van der Waals surface area contributed by atoms with E-state index in [0.717, 1.165) is 13.1 Å². The molecule has 5 heteroatoms. The fraction of sp³-hybridized carbons (Fsp3) is 0.208. The standard InChI is InChI=1S/C24H22Cl2N2O/c25-20-11-12-21(22(26)13-20)24(29)27-14-17-15-28(16-17)23(18-7-3-1-4-8-18)19-9-5-2-6-10-19/h1-13,17,23H,14-16H2,(H,27,29). The Morgan fingerprint density at radius 2 is 1.52 bits per heavy atom. The quantitative estimate of drug-likeness (QED) is 0.570. The van der Waals surface area contributed by atoms with Gasteiger partial charge in [0.25, 0.3) is 5.91 Å². The Labute approximate surface area is 181 Å². The molecule has 4 rings (SSSR count). The Balaban J connectivity index is 1.38. The highest BCUT2D eigenvalue weighted by molar-refractivity contribution is 6.36. The van der Waals surface area contributed by atoms with E-state index in [1.807, 2.05) is 12.1 Å². The average Bonchev–Trinajstić information content (AvgIpc) is 2.70. The van der Waals surface area contributed by atoms with Crippen LogP contribution in [0.3, 0.4) is 0 Å². The lowest BCUT2D eigenvalue weighted by Crippen LogP contribution is -2.52. The van der Waals surface area contributed by atoms with E-state index in [0.29, 0.717) is 28.1 Å². The minimum atomic E-state index is -0.159. The molecule has 0 radical (unpaired) electrons. The summed E-state index contributed by atoms with van der Waals surface area (Å²) in [5, 5.41) is 3.90. The van der Waals surface area contributed by atoms with Crippen molar-refractivity contribution in [2.75, 3.05) is 19.6 Å². The largest absolute Gasteiger partial charge is 0.352 e. The third kappa shape index (κ3) is 4.64. The summed E-state index contributed by atoms with van der Waals surface area (Å²) < 4.78 is 0. The van der Waals surface area contributed by atoms with Crippen LogP contribution in [-0.2, 0) is 0 Å². The molecule has 1 N–H and O–H groups in total. The maximum Gasteiger partial charge on any atom is 0.252 e. The van der Waals surface area contributed by atoms with Gasteiger partial charge in [0.1, 0.15) is 0 Å². The van der Waals surface area contributed by atoms with Crippen molar-refractivity contribution in [3.05, 3.63) is 106 Å². The van der Waals surface area contributed by atoms with Gasteiger partial charge in [-0.25, -0.2) is 0 Å². The Morgan fingerprint density at radius 1 is 0.931 bits per heavy atom. The molecule has 1 fully saturated rings. The van der Waals surface area contributed by atoms with Gasteiger partial charge >= 0.3 is 0 Å². The fourth-order valence-corrected chi connectivity index (χ4v) is 4.33. The molecule has 148 valence electrons. The molecule has 0 atom stereocenters. The molecule has 0 unspecified atom stereocenters. The van der Waals surface area contributed by atoms with Crippen LogP contribution in [0.4, 0.5) is 0 Å². The second-order valence-corrected chi connectivity index (χ2v) is 8.22. The van der Waals surface area contributed by atoms with Gasteiger partial charge in [-0.15, -0.1) is 0 Å². The lowest BCUT2D eigenvalue weighted by atomic mass is 9.90. The fourth-order valence-electron chi connectivity index (χ4n) is 3.84. The molecule has 0 spiro atoms. The molecule has 3 aromatic rings. The molecule has 1 aliphatic rings. The van der Waals surface area contributed by atoms with Crippen LogP contribution in [0.2, 0.25) is 10.0 Å². The highest BCUT2D eigenvalue weighted by atomic mass is 35.5. The smallest absolute Gasteiger partial charge is 0.252 e. The zero-order valence-corrected chi connectivity index (χ0v) is 17.4. The average molecular weight is 425 g/mol. The van der Waals surface area contributed by atoms with Gasteiger partial charge in [0.2, 0.25) is 0 Å². The van der Waals surface area contributed by atoms with Crippen LogP contribution >= 0.6 is 23.2 Å². The third-order valence-electron chi connectivity index (χ3n) is 5.31. The number of hydrogen-bond acceptors (Lipinski definition) is 2. The Morgan fingerprint density at radius 3 is 2.07 bits per heavy atom. The van der Waals surface area contributed by atoms with Gasteiger partial charge in [0, 0.05) is 30.6 Å². The summed E-state index contributed by atoms with van der Waals surface area (Å²) in [5.41, 5.74) is 3.03. The van der Waals surface area contributed by atoms with Crippen molar-refractivity contribution >= 4 is 29.1 Å². The van der Waals surface area contributed by atoms with Crippen LogP contribution in [0, 0.1) is 5.92 Å². The molecule has 3 nitrogen and oxygen atoms in total. The molecule has 1 aliphatic heterocycles. The van der Waals surface area contributed by atoms with Crippen molar-refractivity contribution in [1.29, 1.82) is 0 Å². The van der Waals surface area contributed by atoms with Gasteiger partial charge in [-0.3, -0.25) is 9.69 Å². The second-order valence-electron chi connectivity index (χ2n) is 7.38. The molecule has 0 saturated carbocycles. The molecule has 0 bridgehead atoms. The summed E-state index contributed by atoms with van der Waals surface area (Å²) in [7, 11) is 0. The minimum Gasteiger partial charge on any atom is -0.352 e. The van der Waals surface area contributed by atoms with E-state index in [2.05, 4.69) is 58.7 Å². The van der Waals surface area contributed by atoms with Gasteiger partial charge in [-0.05, 0) is 29.3 Å². The molecule has 1 amide bonds. The van der Waals surface area contributed by atoms with Gasteiger partial charge in [0.05, 0.1) is 16.6 Å². The lowest BCUT2D eigenvalue weighted by Gasteiger charge is -2.45. The topological polar surface area (TPSA) is 32.3 Å². The van der Waals surface area contributed by atoms with E-state index in [4.69, 9.17) is 23.2 Å². The van der Waals surface area contributed by atoms with E-state index in [1.165, 1.54) is 11.1 Å². The van der Waals surface area contributed by atoms with Crippen molar-refractivity contribution in [2.24, 2.45) is 5.92 Å². The SMILES string of the molecule is O=C(NCC1CN(C(c2ccccc2)c2ccccc2)C1)c1ccc(Cl)cc1Cl. The van der Waals surface area contributed by atoms with Crippen molar-refractivity contribution < 1.29 is 4.79 Å². The van der Waals surface area contributed by atoms with E-state index >= 15 is 0 Å². The maximum absolute atomic E-state index is 12.4. The Kier molecular flexibility index (Phi) is 6.19. The van der Waals surface area contributed by atoms with Gasteiger partial charge < -0.3 is 5.32 Å². The first-order chi connectivity index (χ1) is 14.1. The molecule has 1 heterocycles. The molecule has 0 aliphatic carbocycles. The third-order valence-corrected chi connectivity index (χ3v) is 5.86. The summed E-state index contributed by atoms with van der Waals surface area (Å²) in [4.78, 5) is 14.9. The normalized spacial score (nSPS) is 14.6. The van der Waals surface area contributed by atoms with Crippen LogP contribution in [0.5, 0.6) is 0 Å². The highest BCUT2D eigenvalue weighted by Gasteiger charge is 2.34. The molecule has 1 saturated heterocycles. The first kappa shape index (κ1) is 20.0. The van der Waals surface area contributed by atoms with E-state index < -0.39 is 0 Å². The zero-order valence-electron chi connectivity index (χ0n) is 15.9. The summed E-state index contributed by atoms with van der Waals surface area (Å²) in [6, 6.07) is 26.3. The molecule has 29 heavy (non-hydrogen) atoms. The summed E-state index contributed by atoms with van der Waals surface area (Å²) in [5.74, 6) is 0.257. The number of carbonyl (C=O) groups is 1. The minimum absolute atomic E-state index is 0.159. The number of nitrogens with zero attached hydrogens (tertiary/aromatic N) is 1. The van der Waals surface area contributed by atoms with Crippen LogP contribution in [-0.4, -0.2) is 30.4 Å². The molecule has 3 aromatic carbocycles. The predicted octanol–water partition coefficient (Wildman–Crippen LogP) is 5.44. The highest BCUT2D eigenvalue weighted by Crippen LogP contribution is 2.34. The van der Waals surface area contributed by atoms with Crippen LogP contribution in [0.15, 0.2) is 78.9 Å². The number of nitrogens with one attached hydrogen (secondary N) is 1. The van der Waals surface area contributed by atoms with Gasteiger partial charge in [0.15, 0.2) is 0 Å². The van der Waals surface area contributed by atoms with E-state index in [-0.39, 0.29) is 11.9 Å². The van der Waals surface area contributed by atoms with Gasteiger partial charge in [-0.2, -0.15) is 0 Å². The van der Waals surface area contributed by atoms with Crippen molar-refractivity contribution in [1.82, 2.24) is 10.2 Å². The summed E-state index contributed by atoms with van der Waals surface area (Å²) >= 11 is 12.0. The number of rotatable bonds is 6. The number of carbonyl (C=O) groups excluding carboxylic acids is 1. The first-order valence-electron chi connectivity index (χ1n) is 9.69. The van der Waals surface area contributed by atoms with E-state index in [9.17, 15) is 4.79 Å². The van der Waals surface area contributed by atoms with Crippen LogP contribution in [0.25, 0.3) is 0 Å². The summed E-state index contributed by atoms with van der Waals surface area (Å²) in [6.45, 7) is 2.50. The van der Waals surface area contributed by atoms with Crippen molar-refractivity contribution in [2.45, 2.75) is 6.04 Å².